The molecular formula is C15H10Cl3N5. The summed E-state index contributed by atoms with van der Waals surface area (Å²) < 4.78 is 0. The average Bonchev–Trinajstić information content (AvgIpc) is 2.55. The first-order valence-corrected chi connectivity index (χ1v) is 7.69. The van der Waals surface area contributed by atoms with Crippen molar-refractivity contribution in [1.82, 2.24) is 15.2 Å². The first-order chi connectivity index (χ1) is 11.1. The van der Waals surface area contributed by atoms with Crippen LogP contribution < -0.4 is 10.6 Å². The van der Waals surface area contributed by atoms with E-state index in [-0.39, 0.29) is 0 Å². The molecule has 8 heteroatoms. The predicted molar refractivity (Wildman–Crippen MR) is 94.3 cm³/mol. The first kappa shape index (κ1) is 15.8. The maximum absolute atomic E-state index is 6.14. The number of benzene rings is 2. The molecule has 3 aromatic rings. The van der Waals surface area contributed by atoms with Crippen LogP contribution in [0.1, 0.15) is 0 Å². The zero-order valence-corrected chi connectivity index (χ0v) is 13.9. The topological polar surface area (TPSA) is 62.7 Å². The molecule has 0 saturated carbocycles. The average molecular weight is 367 g/mol. The zero-order chi connectivity index (χ0) is 16.2. The van der Waals surface area contributed by atoms with Gasteiger partial charge in [-0.15, -0.1) is 5.10 Å². The first-order valence-electron chi connectivity index (χ1n) is 6.56. The van der Waals surface area contributed by atoms with Gasteiger partial charge >= 0.3 is 0 Å². The van der Waals surface area contributed by atoms with E-state index < -0.39 is 0 Å². The van der Waals surface area contributed by atoms with Gasteiger partial charge in [0.05, 0.1) is 32.6 Å². The van der Waals surface area contributed by atoms with Crippen LogP contribution in [0.3, 0.4) is 0 Å². The van der Waals surface area contributed by atoms with Gasteiger partial charge in [-0.05, 0) is 24.3 Å². The Bertz CT molecular complexity index is 841. The van der Waals surface area contributed by atoms with E-state index in [1.165, 1.54) is 6.20 Å². The van der Waals surface area contributed by atoms with Gasteiger partial charge in [-0.2, -0.15) is 10.1 Å². The summed E-state index contributed by atoms with van der Waals surface area (Å²) >= 11 is 18.2. The summed E-state index contributed by atoms with van der Waals surface area (Å²) in [4.78, 5) is 4.32. The predicted octanol–water partition coefficient (Wildman–Crippen LogP) is 5.32. The molecule has 0 bridgehead atoms. The third-order valence-electron chi connectivity index (χ3n) is 2.89. The van der Waals surface area contributed by atoms with Gasteiger partial charge in [0.15, 0.2) is 5.82 Å². The lowest BCUT2D eigenvalue weighted by Crippen LogP contribution is -2.02. The monoisotopic (exact) mass is 365 g/mol. The second kappa shape index (κ2) is 7.00. The molecule has 2 aromatic carbocycles. The number of hydrogen-bond donors (Lipinski definition) is 2. The molecule has 0 aliphatic rings. The van der Waals surface area contributed by atoms with E-state index in [1.807, 2.05) is 18.2 Å². The maximum atomic E-state index is 6.14. The highest BCUT2D eigenvalue weighted by atomic mass is 35.5. The zero-order valence-electron chi connectivity index (χ0n) is 11.6. The Morgan fingerprint density at radius 1 is 0.783 bits per heavy atom. The third-order valence-corrected chi connectivity index (χ3v) is 4.04. The molecule has 0 spiro atoms. The molecule has 0 atom stereocenters. The summed E-state index contributed by atoms with van der Waals surface area (Å²) in [5.41, 5.74) is 1.32. The minimum absolute atomic E-state index is 0.307. The lowest BCUT2D eigenvalue weighted by molar-refractivity contribution is 0.982. The number of aromatic nitrogens is 3. The number of rotatable bonds is 4. The van der Waals surface area contributed by atoms with E-state index in [4.69, 9.17) is 34.8 Å². The van der Waals surface area contributed by atoms with Gasteiger partial charge in [0.2, 0.25) is 5.95 Å². The second-order valence-corrected chi connectivity index (χ2v) is 5.69. The second-order valence-electron chi connectivity index (χ2n) is 4.50. The van der Waals surface area contributed by atoms with Crippen LogP contribution in [0, 0.1) is 0 Å². The van der Waals surface area contributed by atoms with Gasteiger partial charge in [-0.3, -0.25) is 0 Å². The van der Waals surface area contributed by atoms with Gasteiger partial charge < -0.3 is 10.6 Å². The molecule has 0 aliphatic carbocycles. The molecule has 0 fully saturated rings. The van der Waals surface area contributed by atoms with E-state index in [0.29, 0.717) is 38.2 Å². The number of hydrogen-bond acceptors (Lipinski definition) is 5. The summed E-state index contributed by atoms with van der Waals surface area (Å²) in [7, 11) is 0. The quantitative estimate of drug-likeness (QED) is 0.654. The molecule has 1 heterocycles. The van der Waals surface area contributed by atoms with Crippen LogP contribution in [0.2, 0.25) is 15.1 Å². The van der Waals surface area contributed by atoms with Crippen LogP contribution in [0.25, 0.3) is 0 Å². The summed E-state index contributed by atoms with van der Waals surface area (Å²) in [6.45, 7) is 0. The van der Waals surface area contributed by atoms with Gasteiger partial charge in [0, 0.05) is 0 Å². The van der Waals surface area contributed by atoms with Crippen molar-refractivity contribution >= 4 is 57.9 Å². The van der Waals surface area contributed by atoms with E-state index in [1.54, 1.807) is 24.3 Å². The maximum Gasteiger partial charge on any atom is 0.249 e. The van der Waals surface area contributed by atoms with E-state index in [9.17, 15) is 0 Å². The van der Waals surface area contributed by atoms with Gasteiger partial charge in [-0.1, -0.05) is 53.0 Å². The molecule has 116 valence electrons. The molecule has 0 radical (unpaired) electrons. The minimum atomic E-state index is 0.307. The van der Waals surface area contributed by atoms with Crippen molar-refractivity contribution < 1.29 is 0 Å². The fraction of sp³-hybridized carbons (Fsp3) is 0. The minimum Gasteiger partial charge on any atom is -0.338 e. The fourth-order valence-electron chi connectivity index (χ4n) is 1.84. The van der Waals surface area contributed by atoms with Crippen LogP contribution in [0.4, 0.5) is 23.1 Å². The molecule has 0 amide bonds. The lowest BCUT2D eigenvalue weighted by Gasteiger charge is -2.10. The van der Waals surface area contributed by atoms with E-state index in [2.05, 4.69) is 25.8 Å². The number of para-hydroxylation sites is 1. The summed E-state index contributed by atoms with van der Waals surface area (Å²) in [5, 5.41) is 15.3. The molecule has 0 saturated heterocycles. The fourth-order valence-corrected chi connectivity index (χ4v) is 2.37. The highest BCUT2D eigenvalue weighted by Gasteiger charge is 2.07. The Hall–Kier alpha value is -2.08. The van der Waals surface area contributed by atoms with E-state index in [0.717, 1.165) is 0 Å². The Morgan fingerprint density at radius 3 is 2.35 bits per heavy atom. The van der Waals surface area contributed by atoms with Crippen LogP contribution in [0.15, 0.2) is 48.7 Å². The smallest absolute Gasteiger partial charge is 0.249 e. The Balaban J connectivity index is 1.83. The molecule has 23 heavy (non-hydrogen) atoms. The number of halogens is 3. The Labute approximate surface area is 147 Å². The van der Waals surface area contributed by atoms with Crippen molar-refractivity contribution in [3.05, 3.63) is 63.7 Å². The van der Waals surface area contributed by atoms with Crippen LogP contribution in [0.5, 0.6) is 0 Å². The summed E-state index contributed by atoms with van der Waals surface area (Å²) in [5.74, 6) is 0.778. The molecule has 3 rings (SSSR count). The Kier molecular flexibility index (Phi) is 4.81. The highest BCUT2D eigenvalue weighted by Crippen LogP contribution is 2.31. The summed E-state index contributed by atoms with van der Waals surface area (Å²) in [6.07, 6.45) is 1.48. The van der Waals surface area contributed by atoms with Crippen LogP contribution >= 0.6 is 34.8 Å². The number of nitrogens with one attached hydrogen (secondary N) is 2. The molecule has 0 unspecified atom stereocenters. The van der Waals surface area contributed by atoms with Gasteiger partial charge in [0.25, 0.3) is 0 Å². The highest BCUT2D eigenvalue weighted by molar-refractivity contribution is 6.43. The van der Waals surface area contributed by atoms with Crippen molar-refractivity contribution in [2.24, 2.45) is 0 Å². The largest absolute Gasteiger partial charge is 0.338 e. The number of nitrogens with zero attached hydrogens (tertiary/aromatic N) is 3. The van der Waals surface area contributed by atoms with Crippen LogP contribution in [-0.4, -0.2) is 15.2 Å². The Morgan fingerprint density at radius 2 is 1.52 bits per heavy atom. The van der Waals surface area contributed by atoms with Crippen molar-refractivity contribution in [2.45, 2.75) is 0 Å². The SMILES string of the molecule is Clc1ccccc1Nc1nncc(Nc2cccc(Cl)c2Cl)n1. The lowest BCUT2D eigenvalue weighted by atomic mass is 10.3. The van der Waals surface area contributed by atoms with Crippen molar-refractivity contribution in [3.63, 3.8) is 0 Å². The van der Waals surface area contributed by atoms with Gasteiger partial charge in [0.1, 0.15) is 0 Å². The van der Waals surface area contributed by atoms with Crippen molar-refractivity contribution in [3.8, 4) is 0 Å². The normalized spacial score (nSPS) is 10.4. The standard InChI is InChI=1S/C15H10Cl3N5/c16-9-4-1-2-6-11(9)21-15-22-13(8-19-23-15)20-12-7-3-5-10(17)14(12)18/h1-8H,(H2,20,21,22,23). The van der Waals surface area contributed by atoms with Crippen LogP contribution in [-0.2, 0) is 0 Å². The molecule has 5 nitrogen and oxygen atoms in total. The third kappa shape index (κ3) is 3.82. The molecule has 1 aromatic heterocycles. The molecule has 2 N–H and O–H groups in total. The number of anilines is 4. The summed E-state index contributed by atoms with van der Waals surface area (Å²) in [6, 6.07) is 12.6. The van der Waals surface area contributed by atoms with Crippen molar-refractivity contribution in [1.29, 1.82) is 0 Å². The molecule has 0 aliphatic heterocycles. The molecular weight excluding hydrogens is 357 g/mol. The van der Waals surface area contributed by atoms with Crippen molar-refractivity contribution in [2.75, 3.05) is 10.6 Å². The van der Waals surface area contributed by atoms with E-state index >= 15 is 0 Å². The van der Waals surface area contributed by atoms with Gasteiger partial charge in [-0.25, -0.2) is 0 Å².